The van der Waals surface area contributed by atoms with Crippen LogP contribution >= 0.6 is 43.2 Å². The average molecular weight is 525 g/mol. The molecule has 0 radical (unpaired) electrons. The summed E-state index contributed by atoms with van der Waals surface area (Å²) >= 11 is 7.49. The zero-order valence-corrected chi connectivity index (χ0v) is 17.8. The van der Waals surface area contributed by atoms with Crippen LogP contribution in [0.5, 0.6) is 0 Å². The van der Waals surface area contributed by atoms with E-state index >= 15 is 0 Å². The highest BCUT2D eigenvalue weighted by molar-refractivity contribution is 9.13. The maximum atomic E-state index is 14.5. The molecule has 0 saturated carbocycles. The van der Waals surface area contributed by atoms with Gasteiger partial charge in [-0.05, 0) is 62.2 Å². The first-order valence-electron chi connectivity index (χ1n) is 6.95. The molecule has 0 saturated heterocycles. The van der Waals surface area contributed by atoms with Crippen molar-refractivity contribution in [2.45, 2.75) is 4.90 Å². The molecule has 0 fully saturated rings. The van der Waals surface area contributed by atoms with Gasteiger partial charge < -0.3 is 0 Å². The molecule has 0 atom stereocenters. The first kappa shape index (κ1) is 19.4. The topological polar surface area (TPSA) is 56.1 Å². The summed E-state index contributed by atoms with van der Waals surface area (Å²) in [5, 5.41) is 1.40. The van der Waals surface area contributed by atoms with Crippen molar-refractivity contribution >= 4 is 53.0 Å². The lowest BCUT2D eigenvalue weighted by Gasteiger charge is -2.11. The fourth-order valence-electron chi connectivity index (χ4n) is 2.37. The lowest BCUT2D eigenvalue weighted by molar-refractivity contribution is 0.557. The van der Waals surface area contributed by atoms with Gasteiger partial charge in [0.1, 0.15) is 16.5 Å². The predicted molar refractivity (Wildman–Crippen MR) is 104 cm³/mol. The maximum absolute atomic E-state index is 14.5. The minimum Gasteiger partial charge on any atom is -0.267 e. The number of hydrogen-bond donors (Lipinski definition) is 0. The Balaban J connectivity index is 2.26. The van der Waals surface area contributed by atoms with Gasteiger partial charge in [-0.2, -0.15) is 0 Å². The first-order chi connectivity index (χ1) is 12.1. The number of aromatic nitrogens is 1. The van der Waals surface area contributed by atoms with Crippen LogP contribution < -0.4 is 4.87 Å². The second kappa shape index (κ2) is 6.99. The molecule has 4 nitrogen and oxygen atoms in total. The Hall–Kier alpha value is -1.36. The Labute approximate surface area is 168 Å². The molecule has 0 amide bonds. The molecule has 0 unspecified atom stereocenters. The van der Waals surface area contributed by atoms with Crippen molar-refractivity contribution in [3.8, 4) is 16.9 Å². The van der Waals surface area contributed by atoms with Crippen LogP contribution in [0.3, 0.4) is 0 Å². The van der Waals surface area contributed by atoms with Crippen molar-refractivity contribution in [1.29, 1.82) is 0 Å². The molecule has 3 rings (SSSR count). The summed E-state index contributed by atoms with van der Waals surface area (Å²) in [5.41, 5.74) is 0.381. The summed E-state index contributed by atoms with van der Waals surface area (Å²) in [6, 6.07) is 6.42. The summed E-state index contributed by atoms with van der Waals surface area (Å²) in [6.45, 7) is 0. The lowest BCUT2D eigenvalue weighted by Crippen LogP contribution is -2.12. The third-order valence-corrected chi connectivity index (χ3v) is 7.27. The van der Waals surface area contributed by atoms with E-state index in [-0.39, 0.29) is 16.1 Å². The van der Waals surface area contributed by atoms with Gasteiger partial charge in [-0.15, -0.1) is 0 Å². The van der Waals surface area contributed by atoms with Crippen LogP contribution in [-0.4, -0.2) is 19.2 Å². The normalized spacial score (nSPS) is 11.7. The van der Waals surface area contributed by atoms with E-state index in [0.29, 0.717) is 16.2 Å². The molecule has 1 heterocycles. The monoisotopic (exact) mass is 523 g/mol. The van der Waals surface area contributed by atoms with Crippen molar-refractivity contribution in [2.24, 2.45) is 0 Å². The molecular formula is C16H9Br2F2NO3S2. The standard InChI is InChI=1S/C16H9Br2F2NO3S2/c1-26(23,24)15-6-12(19)9(5-13(15)20)14-7-25-16(22)21(14)8-2-3-10(17)11(18)4-8/h2-7H,1H3. The minimum absolute atomic E-state index is 0.130. The molecule has 0 N–H and O–H groups in total. The van der Waals surface area contributed by atoms with Gasteiger partial charge in [0, 0.05) is 26.1 Å². The molecule has 136 valence electrons. The summed E-state index contributed by atoms with van der Waals surface area (Å²) in [5.74, 6) is -2.01. The quantitative estimate of drug-likeness (QED) is 0.495. The second-order valence-electron chi connectivity index (χ2n) is 5.36. The van der Waals surface area contributed by atoms with E-state index in [4.69, 9.17) is 0 Å². The van der Waals surface area contributed by atoms with Gasteiger partial charge >= 0.3 is 4.87 Å². The van der Waals surface area contributed by atoms with Crippen LogP contribution in [0.25, 0.3) is 16.9 Å². The second-order valence-corrected chi connectivity index (χ2v) is 9.87. The average Bonchev–Trinajstić information content (AvgIpc) is 2.92. The lowest BCUT2D eigenvalue weighted by atomic mass is 10.1. The van der Waals surface area contributed by atoms with Crippen molar-refractivity contribution < 1.29 is 17.2 Å². The zero-order chi connectivity index (χ0) is 19.2. The fourth-order valence-corrected chi connectivity index (χ4v) is 4.47. The minimum atomic E-state index is -3.91. The number of rotatable bonds is 3. The van der Waals surface area contributed by atoms with Crippen molar-refractivity contribution in [3.05, 3.63) is 66.0 Å². The summed E-state index contributed by atoms with van der Waals surface area (Å²) in [7, 11) is -3.91. The molecule has 3 aromatic rings. The van der Waals surface area contributed by atoms with E-state index in [1.807, 2.05) is 0 Å². The van der Waals surface area contributed by atoms with E-state index < -0.39 is 26.4 Å². The molecule has 0 aliphatic heterocycles. The van der Waals surface area contributed by atoms with E-state index in [0.717, 1.165) is 28.1 Å². The van der Waals surface area contributed by atoms with Gasteiger partial charge in [0.2, 0.25) is 0 Å². The van der Waals surface area contributed by atoms with Crippen LogP contribution in [0, 0.1) is 11.6 Å². The number of benzene rings is 2. The van der Waals surface area contributed by atoms with Gasteiger partial charge in [-0.25, -0.2) is 17.2 Å². The number of sulfone groups is 1. The molecule has 0 aliphatic carbocycles. The van der Waals surface area contributed by atoms with Gasteiger partial charge in [-0.1, -0.05) is 11.3 Å². The van der Waals surface area contributed by atoms with Gasteiger partial charge in [0.05, 0.1) is 11.4 Å². The van der Waals surface area contributed by atoms with Crippen LogP contribution in [0.1, 0.15) is 0 Å². The number of halogens is 4. The molecule has 1 aromatic heterocycles. The Morgan fingerprint density at radius 2 is 1.73 bits per heavy atom. The van der Waals surface area contributed by atoms with Crippen molar-refractivity contribution in [3.63, 3.8) is 0 Å². The number of nitrogens with zero attached hydrogens (tertiary/aromatic N) is 1. The van der Waals surface area contributed by atoms with Crippen LogP contribution in [0.2, 0.25) is 0 Å². The predicted octanol–water partition coefficient (Wildman–Crippen LogP) is 4.77. The summed E-state index contributed by atoms with van der Waals surface area (Å²) in [4.78, 5) is 11.2. The maximum Gasteiger partial charge on any atom is 0.312 e. The molecular weight excluding hydrogens is 516 g/mol. The van der Waals surface area contributed by atoms with Crippen LogP contribution in [0.4, 0.5) is 8.78 Å². The Morgan fingerprint density at radius 3 is 2.35 bits per heavy atom. The van der Waals surface area contributed by atoms with Crippen molar-refractivity contribution in [1.82, 2.24) is 4.57 Å². The Bertz CT molecular complexity index is 1190. The van der Waals surface area contributed by atoms with Crippen LogP contribution in [0.15, 0.2) is 54.3 Å². The van der Waals surface area contributed by atoms with Gasteiger partial charge in [-0.3, -0.25) is 9.36 Å². The van der Waals surface area contributed by atoms with E-state index in [2.05, 4.69) is 31.9 Å². The smallest absolute Gasteiger partial charge is 0.267 e. The highest BCUT2D eigenvalue weighted by atomic mass is 79.9. The largest absolute Gasteiger partial charge is 0.312 e. The molecule has 2 aromatic carbocycles. The molecule has 0 spiro atoms. The van der Waals surface area contributed by atoms with Gasteiger partial charge in [0.15, 0.2) is 9.84 Å². The Morgan fingerprint density at radius 1 is 1.04 bits per heavy atom. The third kappa shape index (κ3) is 3.55. The van der Waals surface area contributed by atoms with Crippen LogP contribution in [-0.2, 0) is 9.84 Å². The summed E-state index contributed by atoms with van der Waals surface area (Å²) in [6.07, 6.45) is 0.796. The molecule has 0 bridgehead atoms. The van der Waals surface area contributed by atoms with Crippen molar-refractivity contribution in [2.75, 3.05) is 6.26 Å². The highest BCUT2D eigenvalue weighted by Crippen LogP contribution is 2.31. The highest BCUT2D eigenvalue weighted by Gasteiger charge is 2.21. The summed E-state index contributed by atoms with van der Waals surface area (Å²) < 4.78 is 54.5. The fraction of sp³-hybridized carbons (Fsp3) is 0.0625. The molecule has 0 aliphatic rings. The van der Waals surface area contributed by atoms with E-state index in [1.54, 1.807) is 18.2 Å². The van der Waals surface area contributed by atoms with E-state index in [1.165, 1.54) is 9.95 Å². The van der Waals surface area contributed by atoms with Gasteiger partial charge in [0.25, 0.3) is 0 Å². The van der Waals surface area contributed by atoms with E-state index in [9.17, 15) is 22.0 Å². The zero-order valence-electron chi connectivity index (χ0n) is 13.0. The Kier molecular flexibility index (Phi) is 5.22. The number of thiazole rings is 1. The molecule has 26 heavy (non-hydrogen) atoms. The first-order valence-corrected chi connectivity index (χ1v) is 11.3. The number of hydrogen-bond acceptors (Lipinski definition) is 4. The third-order valence-electron chi connectivity index (χ3n) is 3.55. The molecule has 10 heteroatoms. The SMILES string of the molecule is CS(=O)(=O)c1cc(F)c(-c2csc(=O)n2-c2ccc(Br)c(Br)c2)cc1F.